The van der Waals surface area contributed by atoms with Gasteiger partial charge < -0.3 is 0 Å². The van der Waals surface area contributed by atoms with Crippen LogP contribution in [0.5, 0.6) is 0 Å². The second-order valence-electron chi connectivity index (χ2n) is 14.4. The molecule has 12 aromatic rings. The third-order valence-electron chi connectivity index (χ3n) is 11.6. The Labute approximate surface area is 309 Å². The predicted octanol–water partition coefficient (Wildman–Crippen LogP) is 15.5. The van der Waals surface area contributed by atoms with E-state index in [-0.39, 0.29) is 0 Å². The molecule has 0 saturated carbocycles. The van der Waals surface area contributed by atoms with E-state index in [1.165, 1.54) is 118 Å². The van der Waals surface area contributed by atoms with Crippen LogP contribution in [0.15, 0.2) is 182 Å². The van der Waals surface area contributed by atoms with Gasteiger partial charge in [0.1, 0.15) is 0 Å². The molecule has 0 saturated heterocycles. The average Bonchev–Trinajstić information content (AvgIpc) is 3.59. The van der Waals surface area contributed by atoms with Gasteiger partial charge in [0.15, 0.2) is 0 Å². The summed E-state index contributed by atoms with van der Waals surface area (Å²) in [5.74, 6) is 0. The van der Waals surface area contributed by atoms with Crippen LogP contribution in [0.4, 0.5) is 0 Å². The van der Waals surface area contributed by atoms with Crippen LogP contribution in [-0.4, -0.2) is 0 Å². The first-order valence-corrected chi connectivity index (χ1v) is 19.2. The van der Waals surface area contributed by atoms with Crippen LogP contribution in [0.3, 0.4) is 0 Å². The van der Waals surface area contributed by atoms with Crippen LogP contribution in [-0.2, 0) is 0 Å². The maximum atomic E-state index is 2.46. The molecule has 1 aromatic heterocycles. The highest BCUT2D eigenvalue weighted by Gasteiger charge is 2.19. The number of hydrogen-bond donors (Lipinski definition) is 0. The van der Waals surface area contributed by atoms with Crippen LogP contribution >= 0.6 is 11.3 Å². The summed E-state index contributed by atoms with van der Waals surface area (Å²) in [6, 6.07) is 68.1. The fourth-order valence-electron chi connectivity index (χ4n) is 9.25. The molecule has 0 radical (unpaired) electrons. The number of fused-ring (bicyclic) bond motifs is 14. The van der Waals surface area contributed by atoms with Crippen LogP contribution in [0.25, 0.3) is 118 Å². The van der Waals surface area contributed by atoms with Gasteiger partial charge in [-0.15, -0.1) is 11.3 Å². The Kier molecular flexibility index (Phi) is 6.03. The monoisotopic (exact) mass is 686 g/mol. The van der Waals surface area contributed by atoms with Gasteiger partial charge >= 0.3 is 0 Å². The van der Waals surface area contributed by atoms with Crippen molar-refractivity contribution >= 4 is 107 Å². The molecule has 0 aliphatic rings. The van der Waals surface area contributed by atoms with E-state index in [0.29, 0.717) is 0 Å². The van der Waals surface area contributed by atoms with Crippen molar-refractivity contribution in [3.63, 3.8) is 0 Å². The fraction of sp³-hybridized carbons (Fsp3) is 0. The highest BCUT2D eigenvalue weighted by atomic mass is 32.1. The lowest BCUT2D eigenvalue weighted by Gasteiger charge is -2.19. The van der Waals surface area contributed by atoms with Crippen molar-refractivity contribution in [1.29, 1.82) is 0 Å². The van der Waals surface area contributed by atoms with Crippen molar-refractivity contribution in [2.45, 2.75) is 0 Å². The molecular weight excluding hydrogens is 657 g/mol. The minimum absolute atomic E-state index is 1.24. The van der Waals surface area contributed by atoms with Crippen molar-refractivity contribution in [2.75, 3.05) is 0 Å². The van der Waals surface area contributed by atoms with Crippen molar-refractivity contribution in [3.8, 4) is 22.3 Å². The quantitative estimate of drug-likeness (QED) is 0.125. The Morgan fingerprint density at radius 3 is 1.36 bits per heavy atom. The summed E-state index contributed by atoms with van der Waals surface area (Å²) in [4.78, 5) is 0. The van der Waals surface area contributed by atoms with Crippen molar-refractivity contribution < 1.29 is 0 Å². The standard InChI is InChI=1S/C52H30S/c1-2-12-35-31(11-1)21-22-32-27-33(23-25-36(32)35)51-41-16-5-7-18-43(41)52(44-19-8-6-17-42(44)51)34-24-26-39-45(28-34)37-13-3-4-14-38(37)46-29-48-40-15-9-10-20-49(40)53-50(48)30-47(39)46/h1-30H. The Hall–Kier alpha value is -6.54. The maximum Gasteiger partial charge on any atom is 0.0362 e. The topological polar surface area (TPSA) is 0 Å². The zero-order chi connectivity index (χ0) is 34.6. The largest absolute Gasteiger partial charge is 0.135 e. The number of thiophene rings is 1. The number of benzene rings is 11. The highest BCUT2D eigenvalue weighted by molar-refractivity contribution is 7.25. The summed E-state index contributed by atoms with van der Waals surface area (Å²) in [6.45, 7) is 0. The van der Waals surface area contributed by atoms with Gasteiger partial charge in [0.05, 0.1) is 0 Å². The maximum absolute atomic E-state index is 2.46. The van der Waals surface area contributed by atoms with E-state index < -0.39 is 0 Å². The van der Waals surface area contributed by atoms with Gasteiger partial charge in [0.2, 0.25) is 0 Å². The molecule has 0 spiro atoms. The summed E-state index contributed by atoms with van der Waals surface area (Å²) in [5.41, 5.74) is 5.07. The van der Waals surface area contributed by atoms with Crippen LogP contribution in [0.1, 0.15) is 0 Å². The molecule has 0 nitrogen and oxygen atoms in total. The van der Waals surface area contributed by atoms with Gasteiger partial charge in [-0.25, -0.2) is 0 Å². The lowest BCUT2D eigenvalue weighted by Crippen LogP contribution is -1.91. The van der Waals surface area contributed by atoms with Gasteiger partial charge in [-0.1, -0.05) is 152 Å². The zero-order valence-corrected chi connectivity index (χ0v) is 29.5. The summed E-state index contributed by atoms with van der Waals surface area (Å²) >= 11 is 1.89. The van der Waals surface area contributed by atoms with E-state index in [1.54, 1.807) is 0 Å². The number of hydrogen-bond acceptors (Lipinski definition) is 1. The number of rotatable bonds is 2. The van der Waals surface area contributed by atoms with Gasteiger partial charge in [-0.2, -0.15) is 0 Å². The van der Waals surface area contributed by atoms with Gasteiger partial charge in [-0.3, -0.25) is 0 Å². The molecule has 0 atom stereocenters. The summed E-state index contributed by atoms with van der Waals surface area (Å²) in [7, 11) is 0. The molecule has 11 aromatic carbocycles. The Bertz CT molecular complexity index is 3450. The van der Waals surface area contributed by atoms with Gasteiger partial charge in [-0.05, 0) is 128 Å². The lowest BCUT2D eigenvalue weighted by molar-refractivity contribution is 1.69. The van der Waals surface area contributed by atoms with Crippen LogP contribution in [0, 0.1) is 0 Å². The van der Waals surface area contributed by atoms with E-state index in [2.05, 4.69) is 182 Å². The van der Waals surface area contributed by atoms with E-state index >= 15 is 0 Å². The van der Waals surface area contributed by atoms with Gasteiger partial charge in [0, 0.05) is 20.2 Å². The second-order valence-corrected chi connectivity index (χ2v) is 15.4. The molecule has 0 unspecified atom stereocenters. The van der Waals surface area contributed by atoms with E-state index in [9.17, 15) is 0 Å². The fourth-order valence-corrected chi connectivity index (χ4v) is 10.4. The Morgan fingerprint density at radius 2 is 0.679 bits per heavy atom. The smallest absolute Gasteiger partial charge is 0.0362 e. The van der Waals surface area contributed by atoms with Crippen molar-refractivity contribution in [2.24, 2.45) is 0 Å². The summed E-state index contributed by atoms with van der Waals surface area (Å²) < 4.78 is 2.68. The molecule has 1 heterocycles. The molecule has 12 rings (SSSR count). The minimum atomic E-state index is 1.24. The van der Waals surface area contributed by atoms with E-state index in [1.807, 2.05) is 11.3 Å². The lowest BCUT2D eigenvalue weighted by atomic mass is 9.84. The first-order valence-electron chi connectivity index (χ1n) is 18.3. The molecule has 0 fully saturated rings. The Balaban J connectivity index is 1.14. The van der Waals surface area contributed by atoms with Crippen LogP contribution in [0.2, 0.25) is 0 Å². The molecule has 0 amide bonds. The molecule has 1 heteroatoms. The molecule has 0 aliphatic heterocycles. The third kappa shape index (κ3) is 4.17. The van der Waals surface area contributed by atoms with Crippen LogP contribution < -0.4 is 0 Å². The summed E-state index contributed by atoms with van der Waals surface area (Å²) in [5, 5.41) is 20.7. The van der Waals surface area contributed by atoms with Gasteiger partial charge in [0.25, 0.3) is 0 Å². The predicted molar refractivity (Wildman–Crippen MR) is 233 cm³/mol. The molecule has 0 bridgehead atoms. The summed E-state index contributed by atoms with van der Waals surface area (Å²) in [6.07, 6.45) is 0. The first kappa shape index (κ1) is 29.1. The van der Waals surface area contributed by atoms with Crippen molar-refractivity contribution in [1.82, 2.24) is 0 Å². The Morgan fingerprint density at radius 1 is 0.226 bits per heavy atom. The molecule has 53 heavy (non-hydrogen) atoms. The highest BCUT2D eigenvalue weighted by Crippen LogP contribution is 2.47. The SMILES string of the molecule is c1ccc2c(c1)ccc1cc(-c3c4ccccc4c(-c4ccc5c(c4)c4ccccc4c4cc6c(cc54)sc4ccccc46)c4ccccc34)ccc12. The van der Waals surface area contributed by atoms with Crippen molar-refractivity contribution in [3.05, 3.63) is 182 Å². The second kappa shape index (κ2) is 11.0. The average molecular weight is 687 g/mol. The molecule has 0 aliphatic carbocycles. The third-order valence-corrected chi connectivity index (χ3v) is 12.7. The van der Waals surface area contributed by atoms with E-state index in [0.717, 1.165) is 0 Å². The molecule has 244 valence electrons. The molecule has 0 N–H and O–H groups in total. The first-order chi connectivity index (χ1) is 26.3. The zero-order valence-electron chi connectivity index (χ0n) is 28.7. The van der Waals surface area contributed by atoms with E-state index in [4.69, 9.17) is 0 Å². The normalized spacial score (nSPS) is 12.2. The minimum Gasteiger partial charge on any atom is -0.135 e. The molecular formula is C52H30S.